The van der Waals surface area contributed by atoms with Crippen LogP contribution in [0.4, 0.5) is 0 Å². The second-order valence-electron chi connectivity index (χ2n) is 4.95. The molecule has 0 aliphatic rings. The molecule has 21 heavy (non-hydrogen) atoms. The number of hydrogen-bond acceptors (Lipinski definition) is 5. The molecule has 0 bridgehead atoms. The van der Waals surface area contributed by atoms with Crippen molar-refractivity contribution in [2.45, 2.75) is 63.8 Å². The highest BCUT2D eigenvalue weighted by Gasteiger charge is 2.36. The van der Waals surface area contributed by atoms with Gasteiger partial charge in [-0.15, -0.1) is 0 Å². The Hall–Kier alpha value is 1.01. The van der Waals surface area contributed by atoms with Crippen molar-refractivity contribution in [3.8, 4) is 0 Å². The van der Waals surface area contributed by atoms with Crippen molar-refractivity contribution in [3.63, 3.8) is 0 Å². The van der Waals surface area contributed by atoms with Gasteiger partial charge in [0.2, 0.25) is 0 Å². The largest absolute Gasteiger partial charge is 0.500 e. The fraction of sp³-hybridized carbons (Fsp3) is 1.00. The molecule has 0 amide bonds. The highest BCUT2D eigenvalue weighted by Crippen LogP contribution is 2.18. The van der Waals surface area contributed by atoms with Gasteiger partial charge in [-0.05, 0) is 18.6 Å². The summed E-state index contributed by atoms with van der Waals surface area (Å²) in [5, 5.41) is 0. The summed E-state index contributed by atoms with van der Waals surface area (Å²) in [6.07, 6.45) is 11.8. The first kappa shape index (κ1) is 24.3. The molecule has 0 radical (unpaired) electrons. The Balaban J connectivity index is 0. The number of thiol groups is 2. The molecule has 0 atom stereocenters. The Labute approximate surface area is 147 Å². The molecule has 0 aromatic carbocycles. The zero-order valence-corrected chi connectivity index (χ0v) is 19.2. The van der Waals surface area contributed by atoms with Crippen molar-refractivity contribution in [1.29, 1.82) is 0 Å². The summed E-state index contributed by atoms with van der Waals surface area (Å²) in [6.45, 7) is 0. The lowest BCUT2D eigenvalue weighted by Crippen LogP contribution is -2.42. The maximum Gasteiger partial charge on any atom is 0.500 e. The average molecular weight is 373 g/mol. The molecule has 0 aliphatic carbocycles. The minimum absolute atomic E-state index is 0.929. The van der Waals surface area contributed by atoms with Crippen LogP contribution in [-0.2, 0) is 13.3 Å². The van der Waals surface area contributed by atoms with Crippen LogP contribution in [0.25, 0.3) is 0 Å². The van der Waals surface area contributed by atoms with Gasteiger partial charge in [-0.25, -0.2) is 12.1 Å². The van der Waals surface area contributed by atoms with Gasteiger partial charge >= 0.3 is 8.80 Å². The Morgan fingerprint density at radius 1 is 0.667 bits per heavy atom. The molecule has 0 heterocycles. The smallest absolute Gasteiger partial charge is 0.377 e. The molecule has 0 N–H and O–H groups in total. The lowest BCUT2D eigenvalue weighted by molar-refractivity contribution is 0.122. The zero-order chi connectivity index (χ0) is 16.4. The number of unbranched alkanes of at least 4 members (excludes halogenated alkanes) is 8. The van der Waals surface area contributed by atoms with Crippen molar-refractivity contribution in [2.24, 2.45) is 0 Å². The fourth-order valence-corrected chi connectivity index (χ4v) is 4.27. The molecule has 0 aromatic heterocycles. The Kier molecular flexibility index (Phi) is 22.0. The van der Waals surface area contributed by atoms with Crippen molar-refractivity contribution in [2.75, 3.05) is 27.1 Å². The quantitative estimate of drug-likeness (QED) is 0.278. The predicted octanol–water partition coefficient (Wildman–Crippen LogP) is 3.50. The van der Waals surface area contributed by atoms with Crippen molar-refractivity contribution in [3.05, 3.63) is 0 Å². The van der Waals surface area contributed by atoms with Gasteiger partial charge in [-0.3, -0.25) is 0 Å². The van der Waals surface area contributed by atoms with Crippen LogP contribution in [0.3, 0.4) is 0 Å². The van der Waals surface area contributed by atoms with Crippen LogP contribution in [0.15, 0.2) is 0 Å². The van der Waals surface area contributed by atoms with Crippen LogP contribution in [0.5, 0.6) is 0 Å². The second-order valence-corrected chi connectivity index (χ2v) is 8.49. The van der Waals surface area contributed by atoms with Crippen LogP contribution in [-0.4, -0.2) is 45.3 Å². The minimum atomic E-state index is -2.31. The standard InChI is InChI=1S/C14H32O3SSi.H4SSi/c1-15-19(16-2,17-3)14-12-10-8-6-4-5-7-9-11-13-18;1-2/h18H,4-14H2,1-3H3;1H,2H3. The third kappa shape index (κ3) is 14.3. The van der Waals surface area contributed by atoms with E-state index in [1.54, 1.807) is 21.3 Å². The molecule has 0 saturated carbocycles. The Bertz CT molecular complexity index is 189. The van der Waals surface area contributed by atoms with Gasteiger partial charge in [0.15, 0.2) is 0 Å². The SMILES string of the molecule is CO[Si](CCCCCCCCCCCS)(OC)OC.[SiH3]S. The van der Waals surface area contributed by atoms with Crippen LogP contribution in [0.1, 0.15) is 57.8 Å². The molecule has 0 aliphatic heterocycles. The van der Waals surface area contributed by atoms with E-state index in [2.05, 4.69) is 24.7 Å². The zero-order valence-electron chi connectivity index (χ0n) is 14.4. The summed E-state index contributed by atoms with van der Waals surface area (Å²) in [4.78, 5) is 0. The third-order valence-electron chi connectivity index (χ3n) is 3.57. The summed E-state index contributed by atoms with van der Waals surface area (Å²) in [5.74, 6) is 1.03. The molecular formula is C14H36O3S2Si2. The van der Waals surface area contributed by atoms with Crippen LogP contribution in [0, 0.1) is 0 Å². The van der Waals surface area contributed by atoms with Gasteiger partial charge in [0, 0.05) is 27.4 Å². The van der Waals surface area contributed by atoms with Crippen molar-refractivity contribution >= 4 is 42.9 Å². The van der Waals surface area contributed by atoms with Crippen LogP contribution >= 0.6 is 24.7 Å². The van der Waals surface area contributed by atoms with E-state index in [1.165, 1.54) is 51.4 Å². The lowest BCUT2D eigenvalue weighted by Gasteiger charge is -2.24. The van der Waals surface area contributed by atoms with E-state index in [1.807, 2.05) is 0 Å². The van der Waals surface area contributed by atoms with Gasteiger partial charge in [-0.2, -0.15) is 12.6 Å². The first-order valence-corrected chi connectivity index (χ1v) is 14.1. The maximum absolute atomic E-state index is 5.41. The average Bonchev–Trinajstić information content (AvgIpc) is 2.55. The van der Waals surface area contributed by atoms with E-state index in [4.69, 9.17) is 13.3 Å². The molecule has 0 aromatic rings. The summed E-state index contributed by atoms with van der Waals surface area (Å²) in [6, 6.07) is 0.929. The molecule has 0 saturated heterocycles. The topological polar surface area (TPSA) is 27.7 Å². The Morgan fingerprint density at radius 3 is 1.33 bits per heavy atom. The number of hydrogen-bond donors (Lipinski definition) is 2. The number of rotatable bonds is 14. The molecule has 0 rings (SSSR count). The first-order valence-electron chi connectivity index (χ1n) is 7.95. The molecule has 7 heteroatoms. The highest BCUT2D eigenvalue weighted by molar-refractivity contribution is 8.03. The van der Waals surface area contributed by atoms with Crippen molar-refractivity contribution in [1.82, 2.24) is 0 Å². The molecule has 0 spiro atoms. The molecular weight excluding hydrogens is 336 g/mol. The van der Waals surface area contributed by atoms with E-state index in [9.17, 15) is 0 Å². The van der Waals surface area contributed by atoms with E-state index >= 15 is 0 Å². The van der Waals surface area contributed by atoms with E-state index in [-0.39, 0.29) is 0 Å². The fourth-order valence-electron chi connectivity index (χ4n) is 2.25. The van der Waals surface area contributed by atoms with Gasteiger partial charge in [0.1, 0.15) is 0 Å². The van der Waals surface area contributed by atoms with Gasteiger partial charge in [0.05, 0.1) is 9.39 Å². The molecule has 130 valence electrons. The summed E-state index contributed by atoms with van der Waals surface area (Å²) in [7, 11) is 3.74. The van der Waals surface area contributed by atoms with E-state index in [0.717, 1.165) is 27.6 Å². The van der Waals surface area contributed by atoms with Gasteiger partial charge < -0.3 is 13.3 Å². The summed E-state index contributed by atoms with van der Waals surface area (Å²) in [5.41, 5.74) is 0. The van der Waals surface area contributed by atoms with Gasteiger partial charge in [-0.1, -0.05) is 44.9 Å². The van der Waals surface area contributed by atoms with Crippen molar-refractivity contribution < 1.29 is 13.3 Å². The second kappa shape index (κ2) is 19.1. The summed E-state index contributed by atoms with van der Waals surface area (Å²) >= 11 is 7.89. The minimum Gasteiger partial charge on any atom is -0.377 e. The normalized spacial score (nSPS) is 11.3. The highest BCUT2D eigenvalue weighted by atomic mass is 32.3. The third-order valence-corrected chi connectivity index (χ3v) is 6.72. The van der Waals surface area contributed by atoms with Crippen LogP contribution in [0.2, 0.25) is 6.04 Å². The first-order chi connectivity index (χ1) is 10.2. The van der Waals surface area contributed by atoms with Crippen LogP contribution < -0.4 is 0 Å². The maximum atomic E-state index is 5.41. The predicted molar refractivity (Wildman–Crippen MR) is 106 cm³/mol. The van der Waals surface area contributed by atoms with E-state index in [0.29, 0.717) is 0 Å². The van der Waals surface area contributed by atoms with Gasteiger partial charge in [0.25, 0.3) is 0 Å². The molecule has 0 fully saturated rings. The van der Waals surface area contributed by atoms with E-state index < -0.39 is 8.80 Å². The molecule has 0 unspecified atom stereocenters. The monoisotopic (exact) mass is 372 g/mol. The lowest BCUT2D eigenvalue weighted by atomic mass is 10.1. The molecule has 3 nitrogen and oxygen atoms in total. The Morgan fingerprint density at radius 2 is 1.00 bits per heavy atom. The summed E-state index contributed by atoms with van der Waals surface area (Å²) < 4.78 is 16.2.